The van der Waals surface area contributed by atoms with E-state index in [4.69, 9.17) is 21.1 Å². The van der Waals surface area contributed by atoms with Crippen molar-refractivity contribution in [1.82, 2.24) is 10.2 Å². The first-order valence-corrected chi connectivity index (χ1v) is 8.64. The molecule has 0 spiro atoms. The van der Waals surface area contributed by atoms with Crippen LogP contribution in [0.1, 0.15) is 11.5 Å². The highest BCUT2D eigenvalue weighted by atomic mass is 32.1. The van der Waals surface area contributed by atoms with Gasteiger partial charge in [0, 0.05) is 23.8 Å². The highest BCUT2D eigenvalue weighted by Crippen LogP contribution is 2.26. The Morgan fingerprint density at radius 2 is 1.96 bits per heavy atom. The summed E-state index contributed by atoms with van der Waals surface area (Å²) >= 11 is 5.22. The lowest BCUT2D eigenvalue weighted by molar-refractivity contribution is -0.384. The molecule has 8 nitrogen and oxygen atoms in total. The van der Waals surface area contributed by atoms with Gasteiger partial charge in [0.2, 0.25) is 0 Å². The molecule has 0 saturated carbocycles. The summed E-state index contributed by atoms with van der Waals surface area (Å²) in [4.78, 5) is 24.3. The van der Waals surface area contributed by atoms with Crippen molar-refractivity contribution in [3.05, 3.63) is 82.1 Å². The van der Waals surface area contributed by atoms with E-state index in [1.807, 2.05) is 0 Å². The van der Waals surface area contributed by atoms with Gasteiger partial charge in [-0.25, -0.2) is 0 Å². The number of nitro groups is 1. The number of hydrogen-bond acceptors (Lipinski definition) is 6. The van der Waals surface area contributed by atoms with Crippen molar-refractivity contribution in [1.29, 1.82) is 0 Å². The van der Waals surface area contributed by atoms with Crippen molar-refractivity contribution in [3.63, 3.8) is 0 Å². The summed E-state index contributed by atoms with van der Waals surface area (Å²) < 4.78 is 11.0. The van der Waals surface area contributed by atoms with E-state index in [-0.39, 0.29) is 23.3 Å². The van der Waals surface area contributed by atoms with Crippen LogP contribution in [0.4, 0.5) is 5.69 Å². The molecule has 0 bridgehead atoms. The van der Waals surface area contributed by atoms with Gasteiger partial charge in [0.05, 0.1) is 17.7 Å². The van der Waals surface area contributed by atoms with Crippen LogP contribution in [0, 0.1) is 10.1 Å². The van der Waals surface area contributed by atoms with E-state index >= 15 is 0 Å². The summed E-state index contributed by atoms with van der Waals surface area (Å²) in [6, 6.07) is 13.0. The van der Waals surface area contributed by atoms with Gasteiger partial charge in [-0.1, -0.05) is 0 Å². The van der Waals surface area contributed by atoms with Crippen molar-refractivity contribution >= 4 is 35.0 Å². The predicted octanol–water partition coefficient (Wildman–Crippen LogP) is 3.71. The Bertz CT molecular complexity index is 1080. The fourth-order valence-corrected chi connectivity index (χ4v) is 3.01. The number of amides is 1. The third-order valence-corrected chi connectivity index (χ3v) is 4.45. The standard InChI is InChI=1S/C19H13N3O5S/c23-18-16(20-19(28)21(18)11-15-2-1-9-26-15)10-14-7-8-17(27-14)12-3-5-13(6-4-12)22(24)25/h1-10H,11H2,(H,20,28)/b16-10+. The van der Waals surface area contributed by atoms with Gasteiger partial charge < -0.3 is 14.2 Å². The van der Waals surface area contributed by atoms with Crippen LogP contribution < -0.4 is 5.32 Å². The number of nitrogens with one attached hydrogen (secondary N) is 1. The van der Waals surface area contributed by atoms with Crippen molar-refractivity contribution in [2.75, 3.05) is 0 Å². The van der Waals surface area contributed by atoms with E-state index in [0.29, 0.717) is 28.5 Å². The van der Waals surface area contributed by atoms with E-state index in [2.05, 4.69) is 5.32 Å². The molecular formula is C19H13N3O5S. The minimum absolute atomic E-state index is 0.00330. The van der Waals surface area contributed by atoms with E-state index in [0.717, 1.165) is 0 Å². The number of furan rings is 2. The molecule has 4 rings (SSSR count). The largest absolute Gasteiger partial charge is 0.467 e. The zero-order valence-corrected chi connectivity index (χ0v) is 15.1. The third kappa shape index (κ3) is 3.42. The number of hydrogen-bond donors (Lipinski definition) is 1. The minimum Gasteiger partial charge on any atom is -0.467 e. The Kier molecular flexibility index (Phi) is 4.50. The van der Waals surface area contributed by atoms with Crippen LogP contribution in [0.5, 0.6) is 0 Å². The average molecular weight is 395 g/mol. The highest BCUT2D eigenvalue weighted by Gasteiger charge is 2.31. The molecule has 2 aromatic heterocycles. The normalized spacial score (nSPS) is 15.3. The lowest BCUT2D eigenvalue weighted by Crippen LogP contribution is -2.29. The van der Waals surface area contributed by atoms with Gasteiger partial charge in [0.1, 0.15) is 23.0 Å². The van der Waals surface area contributed by atoms with Gasteiger partial charge >= 0.3 is 0 Å². The zero-order chi connectivity index (χ0) is 19.7. The second-order valence-corrected chi connectivity index (χ2v) is 6.35. The summed E-state index contributed by atoms with van der Waals surface area (Å²) in [5.74, 6) is 1.32. The molecule has 3 aromatic rings. The Morgan fingerprint density at radius 1 is 1.18 bits per heavy atom. The van der Waals surface area contributed by atoms with Crippen molar-refractivity contribution in [2.45, 2.75) is 6.54 Å². The van der Waals surface area contributed by atoms with E-state index < -0.39 is 4.92 Å². The monoisotopic (exact) mass is 395 g/mol. The van der Waals surface area contributed by atoms with E-state index in [1.54, 1.807) is 42.5 Å². The molecule has 0 atom stereocenters. The van der Waals surface area contributed by atoms with Crippen molar-refractivity contribution < 1.29 is 18.6 Å². The Balaban J connectivity index is 1.52. The predicted molar refractivity (Wildman–Crippen MR) is 104 cm³/mol. The Morgan fingerprint density at radius 3 is 2.64 bits per heavy atom. The number of non-ortho nitro benzene ring substituents is 1. The van der Waals surface area contributed by atoms with Crippen molar-refractivity contribution in [3.8, 4) is 11.3 Å². The number of carbonyl (C=O) groups is 1. The van der Waals surface area contributed by atoms with Crippen LogP contribution in [0.15, 0.2) is 69.3 Å². The fourth-order valence-electron chi connectivity index (χ4n) is 2.75. The number of rotatable bonds is 5. The molecule has 140 valence electrons. The number of benzene rings is 1. The molecule has 1 aliphatic heterocycles. The molecule has 1 amide bonds. The molecule has 1 fully saturated rings. The molecule has 1 aliphatic rings. The van der Waals surface area contributed by atoms with Crippen molar-refractivity contribution in [2.24, 2.45) is 0 Å². The lowest BCUT2D eigenvalue weighted by Gasteiger charge is -2.11. The van der Waals surface area contributed by atoms with Crippen LogP contribution in [0.3, 0.4) is 0 Å². The number of carbonyl (C=O) groups excluding carboxylic acids is 1. The molecule has 9 heteroatoms. The van der Waals surface area contributed by atoms with Gasteiger partial charge in [0.15, 0.2) is 5.11 Å². The van der Waals surface area contributed by atoms with Gasteiger partial charge in [-0.2, -0.15) is 0 Å². The average Bonchev–Trinajstić information content (AvgIpc) is 3.41. The minimum atomic E-state index is -0.462. The molecule has 0 aliphatic carbocycles. The third-order valence-electron chi connectivity index (χ3n) is 4.13. The Hall–Kier alpha value is -3.72. The summed E-state index contributed by atoms with van der Waals surface area (Å²) in [6.07, 6.45) is 3.09. The maximum Gasteiger partial charge on any atom is 0.277 e. The first kappa shape index (κ1) is 17.7. The zero-order valence-electron chi connectivity index (χ0n) is 14.3. The summed E-state index contributed by atoms with van der Waals surface area (Å²) in [7, 11) is 0. The molecule has 3 heterocycles. The van der Waals surface area contributed by atoms with E-state index in [9.17, 15) is 14.9 Å². The number of nitro benzene ring substituents is 1. The maximum absolute atomic E-state index is 12.6. The van der Waals surface area contributed by atoms with Crippen LogP contribution in [-0.2, 0) is 11.3 Å². The summed E-state index contributed by atoms with van der Waals surface area (Å²) in [6.45, 7) is 0.237. The van der Waals surface area contributed by atoms with Crippen LogP contribution in [-0.4, -0.2) is 20.8 Å². The van der Waals surface area contributed by atoms with Crippen LogP contribution >= 0.6 is 12.2 Å². The second kappa shape index (κ2) is 7.12. The van der Waals surface area contributed by atoms with Gasteiger partial charge in [-0.3, -0.25) is 19.8 Å². The second-order valence-electron chi connectivity index (χ2n) is 5.96. The molecule has 1 saturated heterocycles. The lowest BCUT2D eigenvalue weighted by atomic mass is 10.1. The highest BCUT2D eigenvalue weighted by molar-refractivity contribution is 7.80. The molecule has 1 N–H and O–H groups in total. The maximum atomic E-state index is 12.6. The van der Waals surface area contributed by atoms with Gasteiger partial charge in [0.25, 0.3) is 11.6 Å². The van der Waals surface area contributed by atoms with Crippen LogP contribution in [0.2, 0.25) is 0 Å². The summed E-state index contributed by atoms with van der Waals surface area (Å²) in [5, 5.41) is 13.9. The van der Waals surface area contributed by atoms with E-state index in [1.165, 1.54) is 23.3 Å². The fraction of sp³-hybridized carbons (Fsp3) is 0.0526. The smallest absolute Gasteiger partial charge is 0.277 e. The number of thiocarbonyl (C=S) groups is 1. The molecule has 0 unspecified atom stereocenters. The first-order chi connectivity index (χ1) is 13.5. The quantitative estimate of drug-likeness (QED) is 0.304. The Labute approximate surface area is 164 Å². The molecule has 1 aromatic carbocycles. The first-order valence-electron chi connectivity index (χ1n) is 8.23. The molecular weight excluding hydrogens is 382 g/mol. The molecule has 0 radical (unpaired) electrons. The topological polar surface area (TPSA) is 102 Å². The summed E-state index contributed by atoms with van der Waals surface area (Å²) in [5.41, 5.74) is 0.987. The van der Waals surface area contributed by atoms with Gasteiger partial charge in [-0.05, 0) is 48.6 Å². The van der Waals surface area contributed by atoms with Crippen LogP contribution in [0.25, 0.3) is 17.4 Å². The number of nitrogens with zero attached hydrogens (tertiary/aromatic N) is 2. The SMILES string of the molecule is O=C1/C(=C\c2ccc(-c3ccc([N+](=O)[O-])cc3)o2)NC(=S)N1Cc1ccco1. The van der Waals surface area contributed by atoms with Gasteiger partial charge in [-0.15, -0.1) is 0 Å². The molecule has 28 heavy (non-hydrogen) atoms.